The number of benzene rings is 5. The quantitative estimate of drug-likeness (QED) is 0.203. The fourth-order valence-corrected chi connectivity index (χ4v) is 9.09. The number of hydrogen-bond donors (Lipinski definition) is 0. The van der Waals surface area contributed by atoms with Crippen molar-refractivity contribution < 1.29 is 0 Å². The van der Waals surface area contributed by atoms with Crippen molar-refractivity contribution in [3.63, 3.8) is 0 Å². The zero-order valence-corrected chi connectivity index (χ0v) is 24.3. The van der Waals surface area contributed by atoms with Crippen molar-refractivity contribution in [1.82, 2.24) is 19.5 Å². The lowest BCUT2D eigenvalue weighted by Gasteiger charge is -2.11. The molecule has 200 valence electrons. The highest BCUT2D eigenvalue weighted by atomic mass is 32.1. The molecule has 0 amide bonds. The summed E-state index contributed by atoms with van der Waals surface area (Å²) in [4.78, 5) is 16.2. The van der Waals surface area contributed by atoms with Gasteiger partial charge in [0.1, 0.15) is 4.83 Å². The highest BCUT2D eigenvalue weighted by molar-refractivity contribution is 7.27. The van der Waals surface area contributed by atoms with E-state index in [1.54, 1.807) is 11.3 Å². The minimum absolute atomic E-state index is 0.679. The summed E-state index contributed by atoms with van der Waals surface area (Å²) >= 11 is 3.57. The van der Waals surface area contributed by atoms with Gasteiger partial charge in [-0.3, -0.25) is 9.55 Å². The lowest BCUT2D eigenvalue weighted by Crippen LogP contribution is -2.03. The van der Waals surface area contributed by atoms with E-state index < -0.39 is 0 Å². The van der Waals surface area contributed by atoms with Crippen LogP contribution >= 0.6 is 22.7 Å². The molecule has 5 aromatic carbocycles. The van der Waals surface area contributed by atoms with E-state index in [0.29, 0.717) is 5.95 Å². The highest BCUT2D eigenvalue weighted by Crippen LogP contribution is 2.48. The Kier molecular flexibility index (Phi) is 4.72. The van der Waals surface area contributed by atoms with Crippen LogP contribution < -0.4 is 0 Å². The predicted molar refractivity (Wildman–Crippen MR) is 183 cm³/mol. The smallest absolute Gasteiger partial charge is 0.236 e. The van der Waals surface area contributed by atoms with Crippen LogP contribution in [0.1, 0.15) is 0 Å². The average Bonchev–Trinajstić information content (AvgIpc) is 3.74. The Balaban J connectivity index is 1.45. The zero-order valence-electron chi connectivity index (χ0n) is 22.7. The number of aromatic nitrogens is 4. The summed E-state index contributed by atoms with van der Waals surface area (Å²) in [6.07, 6.45) is 3.71. The fourth-order valence-electron chi connectivity index (χ4n) is 6.76. The van der Waals surface area contributed by atoms with Crippen molar-refractivity contribution in [3.8, 4) is 17.2 Å². The Morgan fingerprint density at radius 3 is 1.95 bits per heavy atom. The summed E-state index contributed by atoms with van der Waals surface area (Å²) in [5.74, 6) is 0.679. The zero-order chi connectivity index (χ0) is 28.1. The van der Waals surface area contributed by atoms with Crippen LogP contribution in [0.25, 0.3) is 90.3 Å². The molecule has 0 atom stereocenters. The third kappa shape index (κ3) is 3.16. The van der Waals surface area contributed by atoms with Crippen LogP contribution in [0, 0.1) is 0 Å². The number of fused-ring (bicyclic) bond motifs is 13. The van der Waals surface area contributed by atoms with Crippen molar-refractivity contribution in [2.75, 3.05) is 0 Å². The van der Waals surface area contributed by atoms with Gasteiger partial charge in [-0.05, 0) is 41.1 Å². The molecule has 0 fully saturated rings. The number of thiophene rings is 2. The molecule has 5 aromatic heterocycles. The highest BCUT2D eigenvalue weighted by Gasteiger charge is 2.24. The molecule has 0 aliphatic heterocycles. The number of nitrogens with zero attached hydrogens (tertiary/aromatic N) is 4. The largest absolute Gasteiger partial charge is 0.276 e. The third-order valence-corrected chi connectivity index (χ3v) is 10.8. The summed E-state index contributed by atoms with van der Waals surface area (Å²) in [6.45, 7) is 0. The minimum Gasteiger partial charge on any atom is -0.276 e. The molecule has 10 rings (SSSR count). The van der Waals surface area contributed by atoms with Gasteiger partial charge in [0.2, 0.25) is 5.95 Å². The lowest BCUT2D eigenvalue weighted by molar-refractivity contribution is 1.02. The first-order valence-electron chi connectivity index (χ1n) is 14.2. The maximum atomic E-state index is 5.40. The van der Waals surface area contributed by atoms with Crippen LogP contribution in [0.5, 0.6) is 0 Å². The normalized spacial score (nSPS) is 12.2. The van der Waals surface area contributed by atoms with Gasteiger partial charge in [0.25, 0.3) is 0 Å². The predicted octanol–water partition coefficient (Wildman–Crippen LogP) is 10.5. The molecule has 0 aliphatic carbocycles. The second-order valence-electron chi connectivity index (χ2n) is 10.8. The van der Waals surface area contributed by atoms with Crippen molar-refractivity contribution >= 4 is 95.7 Å². The molecule has 6 heteroatoms. The van der Waals surface area contributed by atoms with E-state index >= 15 is 0 Å². The summed E-state index contributed by atoms with van der Waals surface area (Å²) in [5, 5.41) is 9.81. The first-order chi connectivity index (χ1) is 21.3. The first-order valence-corrected chi connectivity index (χ1v) is 15.8. The van der Waals surface area contributed by atoms with E-state index in [1.807, 2.05) is 29.8 Å². The van der Waals surface area contributed by atoms with Crippen LogP contribution in [0.15, 0.2) is 122 Å². The molecular weight excluding hydrogens is 565 g/mol. The van der Waals surface area contributed by atoms with Gasteiger partial charge in [-0.2, -0.15) is 0 Å². The molecule has 0 N–H and O–H groups in total. The molecule has 5 heterocycles. The van der Waals surface area contributed by atoms with Crippen LogP contribution in [-0.4, -0.2) is 19.5 Å². The van der Waals surface area contributed by atoms with Gasteiger partial charge in [0, 0.05) is 59.7 Å². The molecular formula is C37H20N4S2. The van der Waals surface area contributed by atoms with Crippen LogP contribution in [0.3, 0.4) is 0 Å². The van der Waals surface area contributed by atoms with Gasteiger partial charge in [-0.1, -0.05) is 78.9 Å². The lowest BCUT2D eigenvalue weighted by atomic mass is 9.99. The molecule has 4 nitrogen and oxygen atoms in total. The van der Waals surface area contributed by atoms with Crippen molar-refractivity contribution in [2.45, 2.75) is 0 Å². The average molecular weight is 585 g/mol. The molecule has 0 saturated carbocycles. The van der Waals surface area contributed by atoms with Crippen molar-refractivity contribution in [2.24, 2.45) is 0 Å². The van der Waals surface area contributed by atoms with E-state index in [0.717, 1.165) is 32.5 Å². The van der Waals surface area contributed by atoms with Crippen LogP contribution in [-0.2, 0) is 0 Å². The number of rotatable bonds is 2. The molecule has 0 saturated heterocycles. The Hall–Kier alpha value is -5.17. The van der Waals surface area contributed by atoms with Crippen molar-refractivity contribution in [3.05, 3.63) is 122 Å². The summed E-state index contributed by atoms with van der Waals surface area (Å²) in [5.41, 5.74) is 4.15. The molecule has 43 heavy (non-hydrogen) atoms. The fraction of sp³-hybridized carbons (Fsp3) is 0. The molecule has 0 spiro atoms. The maximum absolute atomic E-state index is 5.40. The van der Waals surface area contributed by atoms with E-state index in [9.17, 15) is 0 Å². The van der Waals surface area contributed by atoms with Gasteiger partial charge in [-0.25, -0.2) is 9.97 Å². The second-order valence-corrected chi connectivity index (χ2v) is 12.9. The maximum Gasteiger partial charge on any atom is 0.236 e. The first kappa shape index (κ1) is 23.4. The van der Waals surface area contributed by atoms with E-state index in [-0.39, 0.29) is 0 Å². The Morgan fingerprint density at radius 1 is 0.535 bits per heavy atom. The monoisotopic (exact) mass is 584 g/mol. The van der Waals surface area contributed by atoms with Gasteiger partial charge >= 0.3 is 0 Å². The molecule has 0 bridgehead atoms. The Bertz CT molecular complexity index is 2730. The topological polar surface area (TPSA) is 43.6 Å². The summed E-state index contributed by atoms with van der Waals surface area (Å²) in [7, 11) is 0. The van der Waals surface area contributed by atoms with Gasteiger partial charge in [-0.15, -0.1) is 22.7 Å². The standard InChI is InChI=1S/C37H20N4S2/c1-2-12-23-22(11-1)30-24-13-3-6-16-27(24)41(34(30)35-31(23)25-14-4-7-17-28(25)42-35)37-39-33(21-10-9-19-38-20-21)32-26-15-5-8-18-29(26)43-36(32)40-37/h1-20H. The summed E-state index contributed by atoms with van der Waals surface area (Å²) in [6, 6.07) is 38.8. The number of pyridine rings is 1. The second kappa shape index (κ2) is 8.67. The van der Waals surface area contributed by atoms with Crippen LogP contribution in [0.4, 0.5) is 0 Å². The van der Waals surface area contributed by atoms with E-state index in [2.05, 4.69) is 113 Å². The van der Waals surface area contributed by atoms with E-state index in [1.165, 1.54) is 51.8 Å². The van der Waals surface area contributed by atoms with Gasteiger partial charge < -0.3 is 0 Å². The van der Waals surface area contributed by atoms with Gasteiger partial charge in [0.05, 0.1) is 21.4 Å². The third-order valence-electron chi connectivity index (χ3n) is 8.51. The van der Waals surface area contributed by atoms with E-state index in [4.69, 9.17) is 9.97 Å². The molecule has 0 radical (unpaired) electrons. The van der Waals surface area contributed by atoms with Gasteiger partial charge in [0.15, 0.2) is 0 Å². The summed E-state index contributed by atoms with van der Waals surface area (Å²) < 4.78 is 6.05. The Morgan fingerprint density at radius 2 is 1.19 bits per heavy atom. The minimum atomic E-state index is 0.679. The van der Waals surface area contributed by atoms with Crippen molar-refractivity contribution in [1.29, 1.82) is 0 Å². The number of para-hydroxylation sites is 1. The molecule has 0 unspecified atom stereocenters. The van der Waals surface area contributed by atoms with Crippen LogP contribution in [0.2, 0.25) is 0 Å². The SMILES string of the molecule is c1cncc(-c2nc(-n3c4ccccc4c4c5ccccc5c5c6ccccc6sc5c43)nc3sc4ccccc4c23)c1. The molecule has 0 aliphatic rings. The molecule has 10 aromatic rings. The number of hydrogen-bond acceptors (Lipinski definition) is 5. The Labute approximate surface area is 253 Å².